The summed E-state index contributed by atoms with van der Waals surface area (Å²) in [7, 11) is 0. The van der Waals surface area contributed by atoms with E-state index in [0.717, 1.165) is 6.42 Å². The number of aromatic nitrogens is 1. The second-order valence-corrected chi connectivity index (χ2v) is 5.66. The van der Waals surface area contributed by atoms with Crippen LogP contribution in [0.1, 0.15) is 32.8 Å². The molecule has 1 aromatic rings. The number of rotatable bonds is 5. The van der Waals surface area contributed by atoms with E-state index in [4.69, 9.17) is 10.00 Å². The highest BCUT2D eigenvalue weighted by Gasteiger charge is 2.49. The van der Waals surface area contributed by atoms with Gasteiger partial charge in [-0.2, -0.15) is 5.26 Å². The molecule has 112 valence electrons. The van der Waals surface area contributed by atoms with Crippen molar-refractivity contribution in [2.45, 2.75) is 39.3 Å². The van der Waals surface area contributed by atoms with Gasteiger partial charge in [0.15, 0.2) is 0 Å². The molecule has 1 saturated carbocycles. The van der Waals surface area contributed by atoms with Gasteiger partial charge in [0.25, 0.3) is 0 Å². The van der Waals surface area contributed by atoms with Gasteiger partial charge in [0, 0.05) is 30.3 Å². The standard InChI is InChI=1S/C14H18N4O3/c1-4-21-12-6-11(14(12,2)3)17-13-10(18(19)20)5-9(7-15)8-16-13/h5,8,11-12H,4,6H2,1-3H3,(H,16,17). The first-order valence-corrected chi connectivity index (χ1v) is 6.82. The van der Waals surface area contributed by atoms with Crippen molar-refractivity contribution in [2.75, 3.05) is 11.9 Å². The van der Waals surface area contributed by atoms with E-state index in [9.17, 15) is 10.1 Å². The Kier molecular flexibility index (Phi) is 4.09. The number of hydrogen-bond donors (Lipinski definition) is 1. The first kappa shape index (κ1) is 15.2. The van der Waals surface area contributed by atoms with Gasteiger partial charge in [-0.1, -0.05) is 13.8 Å². The normalized spacial score (nSPS) is 23.0. The van der Waals surface area contributed by atoms with Crippen molar-refractivity contribution in [1.82, 2.24) is 4.98 Å². The Hall–Kier alpha value is -2.20. The molecule has 1 aliphatic carbocycles. The first-order valence-electron chi connectivity index (χ1n) is 6.82. The van der Waals surface area contributed by atoms with Crippen molar-refractivity contribution < 1.29 is 9.66 Å². The molecule has 0 radical (unpaired) electrons. The van der Waals surface area contributed by atoms with Crippen LogP contribution in [-0.4, -0.2) is 28.7 Å². The summed E-state index contributed by atoms with van der Waals surface area (Å²) >= 11 is 0. The zero-order valence-electron chi connectivity index (χ0n) is 12.3. The summed E-state index contributed by atoms with van der Waals surface area (Å²) in [5.41, 5.74) is -0.128. The number of anilines is 1. The van der Waals surface area contributed by atoms with E-state index >= 15 is 0 Å². The van der Waals surface area contributed by atoms with Gasteiger partial charge in [0.1, 0.15) is 6.07 Å². The summed E-state index contributed by atoms with van der Waals surface area (Å²) in [6, 6.07) is 3.14. The molecule has 0 spiro atoms. The molecule has 2 unspecified atom stereocenters. The summed E-state index contributed by atoms with van der Waals surface area (Å²) in [5, 5.41) is 23.0. The van der Waals surface area contributed by atoms with E-state index < -0.39 is 4.92 Å². The maximum absolute atomic E-state index is 11.1. The molecule has 1 fully saturated rings. The molecule has 0 aliphatic heterocycles. The zero-order chi connectivity index (χ0) is 15.6. The SMILES string of the molecule is CCOC1CC(Nc2ncc(C#N)cc2[N+](=O)[O-])C1(C)C. The quantitative estimate of drug-likeness (QED) is 0.660. The lowest BCUT2D eigenvalue weighted by Crippen LogP contribution is -2.58. The number of nitrogens with zero attached hydrogens (tertiary/aromatic N) is 3. The molecule has 2 atom stereocenters. The molecule has 0 bridgehead atoms. The van der Waals surface area contributed by atoms with Crippen molar-refractivity contribution in [3.63, 3.8) is 0 Å². The van der Waals surface area contributed by atoms with Crippen molar-refractivity contribution in [1.29, 1.82) is 5.26 Å². The fourth-order valence-corrected chi connectivity index (χ4v) is 2.54. The molecule has 0 aromatic carbocycles. The molecule has 21 heavy (non-hydrogen) atoms. The van der Waals surface area contributed by atoms with Crippen LogP contribution in [0.3, 0.4) is 0 Å². The van der Waals surface area contributed by atoms with Gasteiger partial charge in [0.2, 0.25) is 5.82 Å². The number of nitriles is 1. The number of nitro groups is 1. The van der Waals surface area contributed by atoms with Crippen molar-refractivity contribution >= 4 is 11.5 Å². The number of ether oxygens (including phenoxy) is 1. The van der Waals surface area contributed by atoms with Gasteiger partial charge in [-0.05, 0) is 13.3 Å². The smallest absolute Gasteiger partial charge is 0.312 e. The molecule has 2 rings (SSSR count). The molecule has 0 amide bonds. The highest BCUT2D eigenvalue weighted by Crippen LogP contribution is 2.44. The predicted octanol–water partition coefficient (Wildman–Crippen LogP) is 2.48. The molecule has 7 nitrogen and oxygen atoms in total. The first-order chi connectivity index (χ1) is 9.90. The predicted molar refractivity (Wildman–Crippen MR) is 76.8 cm³/mol. The molecule has 0 saturated heterocycles. The number of hydrogen-bond acceptors (Lipinski definition) is 6. The Balaban J connectivity index is 2.18. The second-order valence-electron chi connectivity index (χ2n) is 5.66. The molecule has 7 heteroatoms. The van der Waals surface area contributed by atoms with Gasteiger partial charge in [-0.25, -0.2) is 4.98 Å². The topological polar surface area (TPSA) is 101 Å². The fourth-order valence-electron chi connectivity index (χ4n) is 2.54. The number of pyridine rings is 1. The van der Waals surface area contributed by atoms with Crippen molar-refractivity contribution in [3.05, 3.63) is 27.9 Å². The average Bonchev–Trinajstić information content (AvgIpc) is 2.46. The largest absolute Gasteiger partial charge is 0.378 e. The minimum atomic E-state index is -0.526. The van der Waals surface area contributed by atoms with E-state index in [1.165, 1.54) is 12.3 Å². The lowest BCUT2D eigenvalue weighted by atomic mass is 9.64. The lowest BCUT2D eigenvalue weighted by Gasteiger charge is -2.51. The summed E-state index contributed by atoms with van der Waals surface area (Å²) in [6.07, 6.45) is 2.25. The Bertz CT molecular complexity index is 594. The highest BCUT2D eigenvalue weighted by molar-refractivity contribution is 5.59. The van der Waals surface area contributed by atoms with Gasteiger partial charge in [0.05, 0.1) is 16.6 Å². The van der Waals surface area contributed by atoms with Crippen LogP contribution in [-0.2, 0) is 4.74 Å². The van der Waals surface area contributed by atoms with Crippen LogP contribution in [0, 0.1) is 26.9 Å². The van der Waals surface area contributed by atoms with Gasteiger partial charge < -0.3 is 10.1 Å². The fraction of sp³-hybridized carbons (Fsp3) is 0.571. The molecule has 1 aliphatic rings. The van der Waals surface area contributed by atoms with Crippen LogP contribution in [0.4, 0.5) is 11.5 Å². The lowest BCUT2D eigenvalue weighted by molar-refractivity contribution is -0.384. The zero-order valence-corrected chi connectivity index (χ0v) is 12.3. The third-order valence-electron chi connectivity index (χ3n) is 4.05. The summed E-state index contributed by atoms with van der Waals surface area (Å²) in [5.74, 6) is 0.201. The van der Waals surface area contributed by atoms with Crippen molar-refractivity contribution in [3.8, 4) is 6.07 Å². The minimum Gasteiger partial charge on any atom is -0.378 e. The Morgan fingerprint density at radius 1 is 1.67 bits per heavy atom. The molecule has 1 N–H and O–H groups in total. The molecule has 1 heterocycles. The monoisotopic (exact) mass is 290 g/mol. The summed E-state index contributed by atoms with van der Waals surface area (Å²) in [6.45, 7) is 6.72. The van der Waals surface area contributed by atoms with Crippen LogP contribution in [0.25, 0.3) is 0 Å². The van der Waals surface area contributed by atoms with Crippen molar-refractivity contribution in [2.24, 2.45) is 5.41 Å². The molecular weight excluding hydrogens is 272 g/mol. The van der Waals surface area contributed by atoms with E-state index in [1.54, 1.807) is 0 Å². The van der Waals surface area contributed by atoms with E-state index in [2.05, 4.69) is 24.1 Å². The maximum atomic E-state index is 11.1. The van der Waals surface area contributed by atoms with Gasteiger partial charge in [-0.3, -0.25) is 10.1 Å². The van der Waals surface area contributed by atoms with Crippen LogP contribution in [0.15, 0.2) is 12.3 Å². The maximum Gasteiger partial charge on any atom is 0.312 e. The second kappa shape index (κ2) is 5.66. The third-order valence-corrected chi connectivity index (χ3v) is 4.05. The molecular formula is C14H18N4O3. The summed E-state index contributed by atoms with van der Waals surface area (Å²) in [4.78, 5) is 14.6. The van der Waals surface area contributed by atoms with Crippen LogP contribution < -0.4 is 5.32 Å². The van der Waals surface area contributed by atoms with E-state index in [0.29, 0.717) is 6.61 Å². The number of nitrogens with one attached hydrogen (secondary N) is 1. The Morgan fingerprint density at radius 3 is 2.90 bits per heavy atom. The Labute approximate surface area is 123 Å². The Morgan fingerprint density at radius 2 is 2.38 bits per heavy atom. The highest BCUT2D eigenvalue weighted by atomic mass is 16.6. The van der Waals surface area contributed by atoms with Crippen LogP contribution >= 0.6 is 0 Å². The average molecular weight is 290 g/mol. The van der Waals surface area contributed by atoms with Crippen LogP contribution in [0.5, 0.6) is 0 Å². The van der Waals surface area contributed by atoms with Crippen LogP contribution in [0.2, 0.25) is 0 Å². The van der Waals surface area contributed by atoms with E-state index in [-0.39, 0.29) is 34.6 Å². The van der Waals surface area contributed by atoms with E-state index in [1.807, 2.05) is 13.0 Å². The minimum absolute atomic E-state index is 0.0492. The summed E-state index contributed by atoms with van der Waals surface area (Å²) < 4.78 is 5.64. The third kappa shape index (κ3) is 2.81. The van der Waals surface area contributed by atoms with Gasteiger partial charge in [-0.15, -0.1) is 0 Å². The molecule has 1 aromatic heterocycles. The van der Waals surface area contributed by atoms with Gasteiger partial charge >= 0.3 is 5.69 Å².